The number of hydrogen-bond donors (Lipinski definition) is 2. The first-order chi connectivity index (χ1) is 9.56. The fraction of sp³-hybridized carbons (Fsp3) is 0.312. The number of rotatable bonds is 5. The van der Waals surface area contributed by atoms with Crippen molar-refractivity contribution < 1.29 is 9.21 Å². The normalized spacial score (nSPS) is 13.8. The number of anilines is 1. The highest BCUT2D eigenvalue weighted by atomic mass is 16.3. The third kappa shape index (κ3) is 3.71. The SMILES string of the molecule is Cc1ccc(NC(=O)C(C)NC(C)c2ccco2)cc1. The number of carbonyl (C=O) groups excluding carboxylic acids is 1. The smallest absolute Gasteiger partial charge is 0.241 e. The molecule has 4 heteroatoms. The second-order valence-electron chi connectivity index (χ2n) is 4.98. The molecule has 1 aromatic heterocycles. The van der Waals surface area contributed by atoms with Crippen molar-refractivity contribution >= 4 is 11.6 Å². The van der Waals surface area contributed by atoms with E-state index in [1.807, 2.05) is 57.2 Å². The summed E-state index contributed by atoms with van der Waals surface area (Å²) in [6.07, 6.45) is 1.63. The van der Waals surface area contributed by atoms with Gasteiger partial charge in [-0.1, -0.05) is 17.7 Å². The van der Waals surface area contributed by atoms with Crippen LogP contribution in [0.15, 0.2) is 47.1 Å². The van der Waals surface area contributed by atoms with Crippen molar-refractivity contribution in [3.8, 4) is 0 Å². The molecule has 4 nitrogen and oxygen atoms in total. The number of aryl methyl sites for hydroxylation is 1. The Bertz CT molecular complexity index is 546. The molecule has 1 heterocycles. The van der Waals surface area contributed by atoms with E-state index in [4.69, 9.17) is 4.42 Å². The highest BCUT2D eigenvalue weighted by Crippen LogP contribution is 2.14. The van der Waals surface area contributed by atoms with E-state index in [1.54, 1.807) is 6.26 Å². The predicted molar refractivity (Wildman–Crippen MR) is 79.5 cm³/mol. The van der Waals surface area contributed by atoms with Crippen molar-refractivity contribution in [2.24, 2.45) is 0 Å². The molecule has 1 amide bonds. The summed E-state index contributed by atoms with van der Waals surface area (Å²) < 4.78 is 5.31. The lowest BCUT2D eigenvalue weighted by atomic mass is 10.2. The zero-order valence-electron chi connectivity index (χ0n) is 12.0. The number of furan rings is 1. The van der Waals surface area contributed by atoms with Crippen LogP contribution in [0, 0.1) is 6.92 Å². The van der Waals surface area contributed by atoms with Crippen molar-refractivity contribution in [3.63, 3.8) is 0 Å². The lowest BCUT2D eigenvalue weighted by Gasteiger charge is -2.18. The third-order valence-corrected chi connectivity index (χ3v) is 3.18. The predicted octanol–water partition coefficient (Wildman–Crippen LogP) is 3.27. The van der Waals surface area contributed by atoms with Gasteiger partial charge in [0.15, 0.2) is 0 Å². The molecule has 2 atom stereocenters. The molecule has 2 N–H and O–H groups in total. The first kappa shape index (κ1) is 14.3. The Kier molecular flexibility index (Phi) is 4.58. The van der Waals surface area contributed by atoms with Crippen molar-refractivity contribution in [1.82, 2.24) is 5.32 Å². The van der Waals surface area contributed by atoms with Gasteiger partial charge in [0.2, 0.25) is 5.91 Å². The molecule has 0 radical (unpaired) electrons. The molecule has 106 valence electrons. The van der Waals surface area contributed by atoms with E-state index >= 15 is 0 Å². The summed E-state index contributed by atoms with van der Waals surface area (Å²) in [5.74, 6) is 0.757. The Hall–Kier alpha value is -2.07. The Morgan fingerprint density at radius 2 is 1.85 bits per heavy atom. The zero-order valence-corrected chi connectivity index (χ0v) is 12.0. The molecule has 2 aromatic rings. The number of benzene rings is 1. The van der Waals surface area contributed by atoms with Crippen LogP contribution >= 0.6 is 0 Å². The summed E-state index contributed by atoms with van der Waals surface area (Å²) in [6, 6.07) is 11.1. The van der Waals surface area contributed by atoms with Gasteiger partial charge < -0.3 is 9.73 Å². The molecule has 0 fully saturated rings. The van der Waals surface area contributed by atoms with Crippen molar-refractivity contribution in [2.45, 2.75) is 32.9 Å². The molecule has 2 unspecified atom stereocenters. The molecule has 1 aromatic carbocycles. The van der Waals surface area contributed by atoms with Crippen molar-refractivity contribution in [2.75, 3.05) is 5.32 Å². The van der Waals surface area contributed by atoms with Gasteiger partial charge in [0.1, 0.15) is 5.76 Å². The zero-order chi connectivity index (χ0) is 14.5. The maximum Gasteiger partial charge on any atom is 0.241 e. The lowest BCUT2D eigenvalue weighted by molar-refractivity contribution is -0.118. The Balaban J connectivity index is 1.90. The minimum atomic E-state index is -0.309. The maximum atomic E-state index is 12.1. The highest BCUT2D eigenvalue weighted by molar-refractivity contribution is 5.94. The van der Waals surface area contributed by atoms with Crippen LogP contribution in [0.2, 0.25) is 0 Å². The molecule has 0 saturated carbocycles. The van der Waals surface area contributed by atoms with Gasteiger partial charge in [-0.15, -0.1) is 0 Å². The van der Waals surface area contributed by atoms with Crippen molar-refractivity contribution in [3.05, 3.63) is 54.0 Å². The number of amides is 1. The van der Waals surface area contributed by atoms with Crippen LogP contribution in [-0.2, 0) is 4.79 Å². The third-order valence-electron chi connectivity index (χ3n) is 3.18. The van der Waals surface area contributed by atoms with E-state index in [2.05, 4.69) is 10.6 Å². The lowest BCUT2D eigenvalue weighted by Crippen LogP contribution is -2.39. The van der Waals surface area contributed by atoms with Gasteiger partial charge in [0, 0.05) is 5.69 Å². The first-order valence-electron chi connectivity index (χ1n) is 6.73. The van der Waals surface area contributed by atoms with Gasteiger partial charge >= 0.3 is 0 Å². The van der Waals surface area contributed by atoms with Gasteiger partial charge in [-0.05, 0) is 45.0 Å². The molecule has 0 aliphatic carbocycles. The summed E-state index contributed by atoms with van der Waals surface area (Å²) in [5, 5.41) is 6.10. The quantitative estimate of drug-likeness (QED) is 0.878. The average Bonchev–Trinajstić information content (AvgIpc) is 2.95. The van der Waals surface area contributed by atoms with Crippen LogP contribution in [0.3, 0.4) is 0 Å². The topological polar surface area (TPSA) is 54.3 Å². The minimum Gasteiger partial charge on any atom is -0.468 e. The maximum absolute atomic E-state index is 12.1. The van der Waals surface area contributed by atoms with Gasteiger partial charge in [0.25, 0.3) is 0 Å². The van der Waals surface area contributed by atoms with E-state index in [-0.39, 0.29) is 18.0 Å². The summed E-state index contributed by atoms with van der Waals surface area (Å²) in [4.78, 5) is 12.1. The molecule has 0 aliphatic heterocycles. The monoisotopic (exact) mass is 272 g/mol. The number of hydrogen-bond acceptors (Lipinski definition) is 3. The van der Waals surface area contributed by atoms with Crippen LogP contribution in [0.1, 0.15) is 31.2 Å². The van der Waals surface area contributed by atoms with Gasteiger partial charge in [-0.2, -0.15) is 0 Å². The van der Waals surface area contributed by atoms with Crippen LogP contribution < -0.4 is 10.6 Å². The minimum absolute atomic E-state index is 0.0104. The summed E-state index contributed by atoms with van der Waals surface area (Å²) in [7, 11) is 0. The highest BCUT2D eigenvalue weighted by Gasteiger charge is 2.17. The first-order valence-corrected chi connectivity index (χ1v) is 6.73. The van der Waals surface area contributed by atoms with Crippen LogP contribution in [0.4, 0.5) is 5.69 Å². The molecular formula is C16H20N2O2. The van der Waals surface area contributed by atoms with E-state index in [9.17, 15) is 4.79 Å². The fourth-order valence-electron chi connectivity index (χ4n) is 1.96. The Morgan fingerprint density at radius 3 is 2.45 bits per heavy atom. The fourth-order valence-corrected chi connectivity index (χ4v) is 1.96. The molecule has 0 saturated heterocycles. The van der Waals surface area contributed by atoms with Crippen LogP contribution in [0.5, 0.6) is 0 Å². The Morgan fingerprint density at radius 1 is 1.15 bits per heavy atom. The second-order valence-corrected chi connectivity index (χ2v) is 4.98. The number of carbonyl (C=O) groups is 1. The molecule has 0 bridgehead atoms. The summed E-state index contributed by atoms with van der Waals surface area (Å²) in [6.45, 7) is 5.82. The Labute approximate surface area is 119 Å². The summed E-state index contributed by atoms with van der Waals surface area (Å²) in [5.41, 5.74) is 1.97. The van der Waals surface area contributed by atoms with E-state index < -0.39 is 0 Å². The van der Waals surface area contributed by atoms with E-state index in [1.165, 1.54) is 5.56 Å². The van der Waals surface area contributed by atoms with Gasteiger partial charge in [-0.3, -0.25) is 10.1 Å². The van der Waals surface area contributed by atoms with Crippen LogP contribution in [0.25, 0.3) is 0 Å². The standard InChI is InChI=1S/C16H20N2O2/c1-11-6-8-14(9-7-11)18-16(19)13(3)17-12(2)15-5-4-10-20-15/h4-10,12-13,17H,1-3H3,(H,18,19). The second kappa shape index (κ2) is 6.39. The average molecular weight is 272 g/mol. The molecule has 0 spiro atoms. The molecule has 2 rings (SSSR count). The molecule has 20 heavy (non-hydrogen) atoms. The van der Waals surface area contributed by atoms with Crippen molar-refractivity contribution in [1.29, 1.82) is 0 Å². The van der Waals surface area contributed by atoms with Crippen LogP contribution in [-0.4, -0.2) is 11.9 Å². The largest absolute Gasteiger partial charge is 0.468 e. The molecule has 0 aliphatic rings. The van der Waals surface area contributed by atoms with Gasteiger partial charge in [0.05, 0.1) is 18.3 Å². The van der Waals surface area contributed by atoms with E-state index in [0.717, 1.165) is 11.4 Å². The van der Waals surface area contributed by atoms with Gasteiger partial charge in [-0.25, -0.2) is 0 Å². The summed E-state index contributed by atoms with van der Waals surface area (Å²) >= 11 is 0. The molecular weight excluding hydrogens is 252 g/mol. The van der Waals surface area contributed by atoms with E-state index in [0.29, 0.717) is 0 Å². The number of nitrogens with one attached hydrogen (secondary N) is 2.